The Morgan fingerprint density at radius 2 is 2.33 bits per heavy atom. The van der Waals surface area contributed by atoms with Crippen LogP contribution in [0.1, 0.15) is 12.0 Å². The first-order valence-electron chi connectivity index (χ1n) is 5.58. The number of rotatable bonds is 1. The van der Waals surface area contributed by atoms with Crippen LogP contribution in [0.25, 0.3) is 0 Å². The van der Waals surface area contributed by atoms with Crippen LogP contribution in [0.4, 0.5) is 5.69 Å². The second-order valence-corrected chi connectivity index (χ2v) is 4.56. The third kappa shape index (κ3) is 1.23. The van der Waals surface area contributed by atoms with E-state index in [9.17, 15) is 5.11 Å². The molecular weight excluding hydrogens is 188 g/mol. The van der Waals surface area contributed by atoms with Crippen LogP contribution in [-0.4, -0.2) is 24.2 Å². The molecule has 2 atom stereocenters. The highest BCUT2D eigenvalue weighted by Crippen LogP contribution is 2.41. The van der Waals surface area contributed by atoms with Gasteiger partial charge >= 0.3 is 0 Å². The second kappa shape index (κ2) is 3.14. The molecule has 3 heteroatoms. The number of nitrogens with two attached hydrogens (primary N) is 1. The summed E-state index contributed by atoms with van der Waals surface area (Å²) in [5, 5.41) is 9.44. The van der Waals surface area contributed by atoms with Gasteiger partial charge in [-0.05, 0) is 49.1 Å². The van der Waals surface area contributed by atoms with E-state index in [-0.39, 0.29) is 0 Å². The van der Waals surface area contributed by atoms with E-state index >= 15 is 0 Å². The van der Waals surface area contributed by atoms with E-state index in [2.05, 4.69) is 4.90 Å². The summed E-state index contributed by atoms with van der Waals surface area (Å²) in [6.07, 6.45) is 2.26. The highest BCUT2D eigenvalue weighted by molar-refractivity contribution is 5.62. The van der Waals surface area contributed by atoms with Gasteiger partial charge in [0, 0.05) is 18.3 Å². The molecule has 80 valence electrons. The van der Waals surface area contributed by atoms with Crippen molar-refractivity contribution in [2.24, 2.45) is 11.7 Å². The summed E-state index contributed by atoms with van der Waals surface area (Å²) < 4.78 is 0. The maximum Gasteiger partial charge on any atom is 0.116 e. The maximum absolute atomic E-state index is 9.44. The Morgan fingerprint density at radius 1 is 1.47 bits per heavy atom. The normalized spacial score (nSPS) is 27.9. The average Bonchev–Trinajstić information content (AvgIpc) is 2.74. The van der Waals surface area contributed by atoms with Gasteiger partial charge in [-0.3, -0.25) is 0 Å². The molecule has 2 aliphatic rings. The Morgan fingerprint density at radius 3 is 3.13 bits per heavy atom. The fourth-order valence-electron chi connectivity index (χ4n) is 3.01. The van der Waals surface area contributed by atoms with Crippen molar-refractivity contribution in [2.75, 3.05) is 18.0 Å². The molecule has 1 saturated heterocycles. The summed E-state index contributed by atoms with van der Waals surface area (Å²) in [7, 11) is 0. The molecular formula is C12H16N2O. The Kier molecular flexibility index (Phi) is 1.89. The van der Waals surface area contributed by atoms with Gasteiger partial charge in [0.1, 0.15) is 5.75 Å². The maximum atomic E-state index is 9.44. The molecule has 0 radical (unpaired) electrons. The minimum atomic E-state index is 0.374. The summed E-state index contributed by atoms with van der Waals surface area (Å²) in [6.45, 7) is 1.89. The molecule has 0 spiro atoms. The molecule has 1 aromatic rings. The van der Waals surface area contributed by atoms with E-state index < -0.39 is 0 Å². The summed E-state index contributed by atoms with van der Waals surface area (Å²) >= 11 is 0. The fraction of sp³-hybridized carbons (Fsp3) is 0.500. The average molecular weight is 204 g/mol. The molecule has 1 fully saturated rings. The van der Waals surface area contributed by atoms with Crippen molar-refractivity contribution in [3.8, 4) is 5.75 Å². The third-order valence-corrected chi connectivity index (χ3v) is 3.79. The minimum Gasteiger partial charge on any atom is -0.508 e. The summed E-state index contributed by atoms with van der Waals surface area (Å²) in [5.74, 6) is 0.999. The highest BCUT2D eigenvalue weighted by atomic mass is 16.3. The summed E-state index contributed by atoms with van der Waals surface area (Å²) in [6, 6.07) is 6.27. The topological polar surface area (TPSA) is 49.5 Å². The van der Waals surface area contributed by atoms with Gasteiger partial charge in [0.2, 0.25) is 0 Å². The number of aromatic hydroxyl groups is 1. The van der Waals surface area contributed by atoms with Crippen LogP contribution >= 0.6 is 0 Å². The lowest BCUT2D eigenvalue weighted by molar-refractivity contribution is 0.473. The van der Waals surface area contributed by atoms with Gasteiger partial charge in [0.15, 0.2) is 0 Å². The number of phenolic OH excluding ortho intramolecular Hbond substituents is 1. The van der Waals surface area contributed by atoms with Crippen LogP contribution in [0.2, 0.25) is 0 Å². The van der Waals surface area contributed by atoms with Crippen molar-refractivity contribution in [1.82, 2.24) is 0 Å². The minimum absolute atomic E-state index is 0.374. The number of phenols is 1. The van der Waals surface area contributed by atoms with E-state index in [1.807, 2.05) is 12.1 Å². The molecule has 2 heterocycles. The quantitative estimate of drug-likeness (QED) is 0.720. The van der Waals surface area contributed by atoms with Crippen LogP contribution < -0.4 is 10.6 Å². The SMILES string of the molecule is NCC1CCN2c3ccc(O)cc3CC12. The van der Waals surface area contributed by atoms with E-state index in [0.29, 0.717) is 17.7 Å². The molecule has 0 bridgehead atoms. The van der Waals surface area contributed by atoms with Gasteiger partial charge in [-0.1, -0.05) is 0 Å². The first-order valence-corrected chi connectivity index (χ1v) is 5.58. The molecule has 3 nitrogen and oxygen atoms in total. The predicted octanol–water partition coefficient (Wildman–Crippen LogP) is 1.10. The number of hydrogen-bond donors (Lipinski definition) is 2. The predicted molar refractivity (Wildman–Crippen MR) is 60.1 cm³/mol. The molecule has 0 aromatic heterocycles. The molecule has 2 unspecified atom stereocenters. The Bertz CT molecular complexity index is 391. The van der Waals surface area contributed by atoms with Crippen molar-refractivity contribution >= 4 is 5.69 Å². The van der Waals surface area contributed by atoms with Gasteiger partial charge in [-0.15, -0.1) is 0 Å². The molecule has 0 amide bonds. The van der Waals surface area contributed by atoms with Crippen LogP contribution in [-0.2, 0) is 6.42 Å². The van der Waals surface area contributed by atoms with Crippen molar-refractivity contribution in [1.29, 1.82) is 0 Å². The lowest BCUT2D eigenvalue weighted by Gasteiger charge is -2.21. The molecule has 2 aliphatic heterocycles. The Hall–Kier alpha value is -1.22. The van der Waals surface area contributed by atoms with E-state index in [4.69, 9.17) is 5.73 Å². The van der Waals surface area contributed by atoms with Crippen LogP contribution in [0.5, 0.6) is 5.75 Å². The zero-order valence-corrected chi connectivity index (χ0v) is 8.69. The first-order chi connectivity index (χ1) is 7.29. The number of nitrogens with zero attached hydrogens (tertiary/aromatic N) is 1. The van der Waals surface area contributed by atoms with E-state index in [0.717, 1.165) is 19.5 Å². The molecule has 3 rings (SSSR count). The van der Waals surface area contributed by atoms with Gasteiger partial charge in [0.05, 0.1) is 0 Å². The summed E-state index contributed by atoms with van der Waals surface area (Å²) in [5.41, 5.74) is 8.35. The van der Waals surface area contributed by atoms with E-state index in [1.165, 1.54) is 17.7 Å². The monoisotopic (exact) mass is 204 g/mol. The number of anilines is 1. The number of hydrogen-bond acceptors (Lipinski definition) is 3. The zero-order chi connectivity index (χ0) is 10.4. The molecule has 3 N–H and O–H groups in total. The lowest BCUT2D eigenvalue weighted by atomic mass is 9.97. The van der Waals surface area contributed by atoms with Crippen LogP contribution in [0, 0.1) is 5.92 Å². The number of fused-ring (bicyclic) bond motifs is 3. The van der Waals surface area contributed by atoms with Gasteiger partial charge in [-0.2, -0.15) is 0 Å². The largest absolute Gasteiger partial charge is 0.508 e. The molecule has 15 heavy (non-hydrogen) atoms. The Balaban J connectivity index is 1.97. The molecule has 0 aliphatic carbocycles. The summed E-state index contributed by atoms with van der Waals surface area (Å²) in [4.78, 5) is 2.45. The zero-order valence-electron chi connectivity index (χ0n) is 8.69. The number of benzene rings is 1. The Labute approximate surface area is 89.5 Å². The van der Waals surface area contributed by atoms with Crippen molar-refractivity contribution in [3.05, 3.63) is 23.8 Å². The lowest BCUT2D eigenvalue weighted by Crippen LogP contribution is -2.32. The standard InChI is InChI=1S/C12H16N2O/c13-7-8-3-4-14-11-2-1-10(15)5-9(11)6-12(8)14/h1-2,5,8,12,15H,3-4,6-7,13H2. The van der Waals surface area contributed by atoms with Gasteiger partial charge in [-0.25, -0.2) is 0 Å². The van der Waals surface area contributed by atoms with E-state index in [1.54, 1.807) is 6.07 Å². The molecule has 0 saturated carbocycles. The third-order valence-electron chi connectivity index (χ3n) is 3.79. The van der Waals surface area contributed by atoms with Gasteiger partial charge in [0.25, 0.3) is 0 Å². The van der Waals surface area contributed by atoms with Crippen molar-refractivity contribution in [2.45, 2.75) is 18.9 Å². The van der Waals surface area contributed by atoms with Gasteiger partial charge < -0.3 is 15.7 Å². The molecule has 1 aromatic carbocycles. The van der Waals surface area contributed by atoms with Crippen LogP contribution in [0.3, 0.4) is 0 Å². The fourth-order valence-corrected chi connectivity index (χ4v) is 3.01. The smallest absolute Gasteiger partial charge is 0.116 e. The first kappa shape index (κ1) is 9.04. The highest BCUT2D eigenvalue weighted by Gasteiger charge is 2.39. The van der Waals surface area contributed by atoms with Crippen molar-refractivity contribution < 1.29 is 5.11 Å². The second-order valence-electron chi connectivity index (χ2n) is 4.56. The van der Waals surface area contributed by atoms with Crippen LogP contribution in [0.15, 0.2) is 18.2 Å². The van der Waals surface area contributed by atoms with Crippen molar-refractivity contribution in [3.63, 3.8) is 0 Å².